The van der Waals surface area contributed by atoms with E-state index in [-0.39, 0.29) is 0 Å². The Labute approximate surface area is 524 Å². The number of hydrogen-bond acceptors (Lipinski definition) is 7. The first-order valence-electron chi connectivity index (χ1n) is 37.9. The Hall–Kier alpha value is -2.19. The van der Waals surface area contributed by atoms with Crippen LogP contribution >= 0.6 is 0 Å². The van der Waals surface area contributed by atoms with Crippen molar-refractivity contribution < 1.29 is 43.5 Å². The molecule has 0 aliphatic rings. The first-order valence-corrected chi connectivity index (χ1v) is 37.9. The number of carbonyl (C=O) groups excluding carboxylic acids is 2. The van der Waals surface area contributed by atoms with Crippen LogP contribution in [0.2, 0.25) is 0 Å². The van der Waals surface area contributed by atoms with Crippen molar-refractivity contribution in [3.8, 4) is 0 Å². The Balaban J connectivity index is -0.00000147. The summed E-state index contributed by atoms with van der Waals surface area (Å²) in [5.74, 6) is 0. The summed E-state index contributed by atoms with van der Waals surface area (Å²) in [7, 11) is 0. The van der Waals surface area contributed by atoms with Gasteiger partial charge in [0.1, 0.15) is 0 Å². The van der Waals surface area contributed by atoms with E-state index in [1.54, 1.807) is 0 Å². The maximum Gasteiger partial charge on any atom is 0.508 e. The third-order valence-corrected chi connectivity index (χ3v) is 16.9. The summed E-state index contributed by atoms with van der Waals surface area (Å²) in [4.78, 5) is 32.0. The second-order valence-corrected chi connectivity index (χ2v) is 25.4. The standard InChI is InChI=1S/2C37H74O3.CH2O3/c2*1-3-5-7-9-11-13-15-17-19-21-23-25-27-29-31-33-35-39-37(38)40-36-34-32-30-28-26-24-22-20-18-16-14-12-10-8-6-4-2;2-1(3)4/h2*3-36H2,1-2H3;(H2,2,3,4). The molecule has 0 saturated heterocycles. The van der Waals surface area contributed by atoms with Gasteiger partial charge in [0, 0.05) is 0 Å². The molecule has 0 aliphatic carbocycles. The quantitative estimate of drug-likeness (QED) is 0.0452. The average molecular weight is 1200 g/mol. The smallest absolute Gasteiger partial charge is 0.450 e. The second kappa shape index (κ2) is 82.9. The lowest BCUT2D eigenvalue weighted by Crippen LogP contribution is -2.09. The minimum atomic E-state index is -1.83. The van der Waals surface area contributed by atoms with E-state index in [1.165, 1.54) is 360 Å². The van der Waals surface area contributed by atoms with E-state index in [9.17, 15) is 9.59 Å². The van der Waals surface area contributed by atoms with E-state index in [0.717, 1.165) is 51.4 Å². The fourth-order valence-electron chi connectivity index (χ4n) is 11.3. The predicted octanol–water partition coefficient (Wildman–Crippen LogP) is 27.5. The molecule has 0 fully saturated rings. The maximum atomic E-state index is 11.7. The van der Waals surface area contributed by atoms with Gasteiger partial charge in [-0.2, -0.15) is 0 Å². The molecule has 0 spiro atoms. The highest BCUT2D eigenvalue weighted by Gasteiger charge is 2.06. The highest BCUT2D eigenvalue weighted by atomic mass is 16.7. The van der Waals surface area contributed by atoms with Crippen LogP contribution in [0.15, 0.2) is 0 Å². The van der Waals surface area contributed by atoms with E-state index in [2.05, 4.69) is 27.7 Å². The lowest BCUT2D eigenvalue weighted by Gasteiger charge is -2.07. The number of hydrogen-bond donors (Lipinski definition) is 2. The Morgan fingerprint density at radius 3 is 0.357 bits per heavy atom. The van der Waals surface area contributed by atoms with Crippen LogP contribution in [0.4, 0.5) is 14.4 Å². The minimum Gasteiger partial charge on any atom is -0.450 e. The van der Waals surface area contributed by atoms with Gasteiger partial charge in [-0.1, -0.05) is 413 Å². The fraction of sp³-hybridized carbons (Fsp3) is 0.960. The zero-order chi connectivity index (χ0) is 61.6. The average Bonchev–Trinajstić information content (AvgIpc) is 3.48. The largest absolute Gasteiger partial charge is 0.508 e. The second-order valence-electron chi connectivity index (χ2n) is 25.4. The van der Waals surface area contributed by atoms with Crippen molar-refractivity contribution in [3.63, 3.8) is 0 Å². The molecule has 0 radical (unpaired) electrons. The summed E-state index contributed by atoms with van der Waals surface area (Å²) in [5, 5.41) is 13.9. The molecule has 0 aliphatic heterocycles. The molecule has 9 nitrogen and oxygen atoms in total. The van der Waals surface area contributed by atoms with Gasteiger partial charge in [-0.3, -0.25) is 0 Å². The van der Waals surface area contributed by atoms with E-state index in [4.69, 9.17) is 34.0 Å². The van der Waals surface area contributed by atoms with E-state index in [0.29, 0.717) is 26.4 Å². The van der Waals surface area contributed by atoms with Crippen LogP contribution in [0.25, 0.3) is 0 Å². The molecule has 0 atom stereocenters. The van der Waals surface area contributed by atoms with E-state index in [1.807, 2.05) is 0 Å². The molecule has 504 valence electrons. The highest BCUT2D eigenvalue weighted by molar-refractivity contribution is 5.60. The first-order chi connectivity index (χ1) is 41.3. The van der Waals surface area contributed by atoms with Crippen LogP contribution in [0.1, 0.15) is 439 Å². The van der Waals surface area contributed by atoms with Gasteiger partial charge in [-0.25, -0.2) is 14.4 Å². The summed E-state index contributed by atoms with van der Waals surface area (Å²) in [6.07, 6.45) is 84.0. The molecule has 0 bridgehead atoms. The van der Waals surface area contributed by atoms with Crippen molar-refractivity contribution in [2.24, 2.45) is 0 Å². The molecule has 0 saturated carbocycles. The van der Waals surface area contributed by atoms with Crippen molar-refractivity contribution in [2.45, 2.75) is 439 Å². The molecule has 0 heterocycles. The van der Waals surface area contributed by atoms with E-state index < -0.39 is 18.5 Å². The molecule has 0 aromatic carbocycles. The summed E-state index contributed by atoms with van der Waals surface area (Å²) in [6.45, 7) is 11.2. The maximum absolute atomic E-state index is 11.7. The molecule has 9 heteroatoms. The number of rotatable bonds is 68. The third-order valence-electron chi connectivity index (χ3n) is 16.9. The number of carbonyl (C=O) groups is 3. The van der Waals surface area contributed by atoms with Crippen LogP contribution in [-0.2, 0) is 18.9 Å². The zero-order valence-corrected chi connectivity index (χ0v) is 57.3. The lowest BCUT2D eigenvalue weighted by atomic mass is 10.0. The Kier molecular flexibility index (Phi) is 84.9. The van der Waals surface area contributed by atoms with Crippen molar-refractivity contribution >= 4 is 18.5 Å². The molecule has 0 aromatic heterocycles. The lowest BCUT2D eigenvalue weighted by molar-refractivity contribution is 0.0519. The number of unbranched alkanes of at least 4 members (excludes halogenated alkanes) is 60. The van der Waals surface area contributed by atoms with Crippen molar-refractivity contribution in [1.82, 2.24) is 0 Å². The van der Waals surface area contributed by atoms with E-state index >= 15 is 0 Å². The van der Waals surface area contributed by atoms with Crippen molar-refractivity contribution in [2.75, 3.05) is 26.4 Å². The van der Waals surface area contributed by atoms with Gasteiger partial charge >= 0.3 is 18.5 Å². The highest BCUT2D eigenvalue weighted by Crippen LogP contribution is 2.19. The molecule has 0 amide bonds. The van der Waals surface area contributed by atoms with Crippen LogP contribution in [0.5, 0.6) is 0 Å². The van der Waals surface area contributed by atoms with Gasteiger partial charge in [-0.15, -0.1) is 0 Å². The SMILES string of the molecule is CCCCCCCCCCCCCCCCCCOC(=O)OCCCCCCCCCCCCCCCCCC.CCCCCCCCCCCCCCCCCCOC(=O)OCCCCCCCCCCCCCCCCCC.O=C(O)O. The van der Waals surface area contributed by atoms with Crippen molar-refractivity contribution in [1.29, 1.82) is 0 Å². The van der Waals surface area contributed by atoms with Gasteiger partial charge in [0.25, 0.3) is 0 Å². The third kappa shape index (κ3) is 91.0. The zero-order valence-electron chi connectivity index (χ0n) is 57.3. The Bertz CT molecular complexity index is 1030. The van der Waals surface area contributed by atoms with Gasteiger partial charge in [0.05, 0.1) is 26.4 Å². The first kappa shape index (κ1) is 86.0. The van der Waals surface area contributed by atoms with Crippen LogP contribution in [0.3, 0.4) is 0 Å². The topological polar surface area (TPSA) is 129 Å². The molecule has 0 unspecified atom stereocenters. The molecule has 0 aromatic rings. The summed E-state index contributed by atoms with van der Waals surface area (Å²) in [6, 6.07) is 0. The van der Waals surface area contributed by atoms with Crippen LogP contribution in [-0.4, -0.2) is 55.1 Å². The van der Waals surface area contributed by atoms with Gasteiger partial charge in [-0.05, 0) is 25.7 Å². The molecule has 2 N–H and O–H groups in total. The number of carboxylic acid groups (broad SMARTS) is 2. The molecule has 84 heavy (non-hydrogen) atoms. The molecule has 0 rings (SSSR count). The van der Waals surface area contributed by atoms with Gasteiger partial charge in [0.2, 0.25) is 0 Å². The number of ether oxygens (including phenoxy) is 4. The fourth-order valence-corrected chi connectivity index (χ4v) is 11.3. The molecular weight excluding hydrogens is 1040 g/mol. The minimum absolute atomic E-state index is 0.470. The predicted molar refractivity (Wildman–Crippen MR) is 363 cm³/mol. The summed E-state index contributed by atoms with van der Waals surface area (Å²) in [5.41, 5.74) is 0. The van der Waals surface area contributed by atoms with Gasteiger partial charge in [0.15, 0.2) is 0 Å². The van der Waals surface area contributed by atoms with Crippen LogP contribution < -0.4 is 0 Å². The normalized spacial score (nSPS) is 11.0. The Morgan fingerprint density at radius 2 is 0.262 bits per heavy atom. The van der Waals surface area contributed by atoms with Gasteiger partial charge < -0.3 is 29.2 Å². The summed E-state index contributed by atoms with van der Waals surface area (Å²) >= 11 is 0. The summed E-state index contributed by atoms with van der Waals surface area (Å²) < 4.78 is 20.9. The Morgan fingerprint density at radius 1 is 0.179 bits per heavy atom. The monoisotopic (exact) mass is 1200 g/mol. The van der Waals surface area contributed by atoms with Crippen LogP contribution in [0, 0.1) is 0 Å². The molecular formula is C75H150O9. The van der Waals surface area contributed by atoms with Crippen molar-refractivity contribution in [3.05, 3.63) is 0 Å².